The second kappa shape index (κ2) is 9.24. The van der Waals surface area contributed by atoms with E-state index in [4.69, 9.17) is 0 Å². The Bertz CT molecular complexity index is 877. The number of amides is 1. The highest BCUT2D eigenvalue weighted by Crippen LogP contribution is 2.22. The number of nitrogens with one attached hydrogen (secondary N) is 2. The minimum absolute atomic E-state index is 0.00809. The number of hydrogen-bond acceptors (Lipinski definition) is 2. The van der Waals surface area contributed by atoms with Crippen LogP contribution in [0.4, 0.5) is 8.78 Å². The van der Waals surface area contributed by atoms with Crippen LogP contribution in [0.2, 0.25) is 0 Å². The summed E-state index contributed by atoms with van der Waals surface area (Å²) in [5.74, 6) is -1.47. The van der Waals surface area contributed by atoms with E-state index in [0.717, 1.165) is 17.2 Å². The van der Waals surface area contributed by atoms with E-state index in [-0.39, 0.29) is 18.5 Å². The number of halogens is 2. The average molecular weight is 380 g/mol. The first-order valence-electron chi connectivity index (χ1n) is 9.12. The van der Waals surface area contributed by atoms with Gasteiger partial charge in [-0.2, -0.15) is 0 Å². The molecule has 0 aromatic heterocycles. The van der Waals surface area contributed by atoms with Crippen LogP contribution in [-0.2, 0) is 4.79 Å². The normalized spacial score (nSPS) is 12.0. The van der Waals surface area contributed by atoms with Gasteiger partial charge in [-0.25, -0.2) is 8.78 Å². The number of hydrogen-bond donors (Lipinski definition) is 2. The van der Waals surface area contributed by atoms with E-state index in [9.17, 15) is 13.6 Å². The number of rotatable bonds is 7. The van der Waals surface area contributed by atoms with Gasteiger partial charge in [0.15, 0.2) is 0 Å². The van der Waals surface area contributed by atoms with Crippen LogP contribution >= 0.6 is 0 Å². The molecular weight excluding hydrogens is 358 g/mol. The van der Waals surface area contributed by atoms with E-state index < -0.39 is 17.7 Å². The zero-order valence-corrected chi connectivity index (χ0v) is 15.5. The molecule has 0 aliphatic carbocycles. The van der Waals surface area contributed by atoms with E-state index in [2.05, 4.69) is 10.6 Å². The molecule has 2 N–H and O–H groups in total. The van der Waals surface area contributed by atoms with Gasteiger partial charge in [-0.1, -0.05) is 66.7 Å². The Morgan fingerprint density at radius 3 is 2.00 bits per heavy atom. The second-order valence-electron chi connectivity index (χ2n) is 6.59. The molecule has 3 aromatic carbocycles. The Balaban J connectivity index is 1.67. The maximum Gasteiger partial charge on any atom is 0.234 e. The van der Waals surface area contributed by atoms with Crippen LogP contribution in [0.15, 0.2) is 78.9 Å². The summed E-state index contributed by atoms with van der Waals surface area (Å²) in [7, 11) is 0. The van der Waals surface area contributed by atoms with E-state index in [1.165, 1.54) is 12.1 Å². The third-order valence-corrected chi connectivity index (χ3v) is 4.57. The molecule has 0 saturated heterocycles. The molecule has 0 heterocycles. The number of carbonyl (C=O) groups is 1. The molecule has 144 valence electrons. The lowest BCUT2D eigenvalue weighted by Gasteiger charge is -2.21. The van der Waals surface area contributed by atoms with Gasteiger partial charge in [-0.15, -0.1) is 0 Å². The van der Waals surface area contributed by atoms with Gasteiger partial charge in [0, 0.05) is 17.7 Å². The fourth-order valence-electron chi connectivity index (χ4n) is 3.07. The van der Waals surface area contributed by atoms with Crippen LogP contribution in [0, 0.1) is 11.6 Å². The third kappa shape index (κ3) is 5.02. The standard InChI is InChI=1S/C23H22F2N2O/c1-16(20-13-12-19(24)14-21(20)25)26-15-22(28)27-23(17-8-4-2-5-9-17)18-10-6-3-7-11-18/h2-14,16,23,26H,15H2,1H3,(H,27,28)/t16-/m0/s1. The van der Waals surface area contributed by atoms with Gasteiger partial charge < -0.3 is 10.6 Å². The SMILES string of the molecule is C[C@H](NCC(=O)NC(c1ccccc1)c1ccccc1)c1ccc(F)cc1F. The molecule has 3 rings (SSSR count). The third-order valence-electron chi connectivity index (χ3n) is 4.57. The van der Waals surface area contributed by atoms with Gasteiger partial charge in [0.2, 0.25) is 5.91 Å². The number of benzene rings is 3. The molecule has 0 unspecified atom stereocenters. The molecule has 0 saturated carbocycles. The van der Waals surface area contributed by atoms with Gasteiger partial charge in [0.05, 0.1) is 12.6 Å². The summed E-state index contributed by atoms with van der Waals surface area (Å²) in [6, 6.07) is 22.1. The minimum atomic E-state index is -0.633. The minimum Gasteiger partial charge on any atom is -0.344 e. The van der Waals surface area contributed by atoms with Crippen molar-refractivity contribution in [3.05, 3.63) is 107 Å². The second-order valence-corrected chi connectivity index (χ2v) is 6.59. The zero-order chi connectivity index (χ0) is 19.9. The van der Waals surface area contributed by atoms with E-state index >= 15 is 0 Å². The van der Waals surface area contributed by atoms with Crippen molar-refractivity contribution in [2.75, 3.05) is 6.54 Å². The monoisotopic (exact) mass is 380 g/mol. The Labute approximate surface area is 163 Å². The lowest BCUT2D eigenvalue weighted by molar-refractivity contribution is -0.120. The van der Waals surface area contributed by atoms with Crippen LogP contribution < -0.4 is 10.6 Å². The summed E-state index contributed by atoms with van der Waals surface area (Å²) in [6.45, 7) is 1.74. The van der Waals surface area contributed by atoms with Crippen molar-refractivity contribution >= 4 is 5.91 Å². The van der Waals surface area contributed by atoms with Gasteiger partial charge in [0.25, 0.3) is 0 Å². The first-order chi connectivity index (χ1) is 13.5. The van der Waals surface area contributed by atoms with Crippen molar-refractivity contribution in [2.45, 2.75) is 19.0 Å². The van der Waals surface area contributed by atoms with Crippen molar-refractivity contribution in [3.63, 3.8) is 0 Å². The van der Waals surface area contributed by atoms with Gasteiger partial charge in [-0.05, 0) is 24.1 Å². The fourth-order valence-corrected chi connectivity index (χ4v) is 3.07. The van der Waals surface area contributed by atoms with Crippen LogP contribution in [0.3, 0.4) is 0 Å². The van der Waals surface area contributed by atoms with Crippen molar-refractivity contribution < 1.29 is 13.6 Å². The molecule has 0 radical (unpaired) electrons. The van der Waals surface area contributed by atoms with Crippen molar-refractivity contribution in [1.82, 2.24) is 10.6 Å². The summed E-state index contributed by atoms with van der Waals surface area (Å²) in [4.78, 5) is 12.5. The highest BCUT2D eigenvalue weighted by atomic mass is 19.1. The molecule has 3 aromatic rings. The van der Waals surface area contributed by atoms with Crippen molar-refractivity contribution in [3.8, 4) is 0 Å². The Morgan fingerprint density at radius 2 is 1.46 bits per heavy atom. The Morgan fingerprint density at radius 1 is 0.893 bits per heavy atom. The lowest BCUT2D eigenvalue weighted by atomic mass is 9.99. The van der Waals surface area contributed by atoms with E-state index in [0.29, 0.717) is 5.56 Å². The first kappa shape index (κ1) is 19.7. The molecule has 3 nitrogen and oxygen atoms in total. The molecule has 0 aliphatic rings. The van der Waals surface area contributed by atoms with E-state index in [1.807, 2.05) is 60.7 Å². The molecule has 0 bridgehead atoms. The summed E-state index contributed by atoms with van der Waals surface area (Å²) >= 11 is 0. The summed E-state index contributed by atoms with van der Waals surface area (Å²) in [5.41, 5.74) is 2.26. The van der Waals surface area contributed by atoms with Crippen LogP contribution in [-0.4, -0.2) is 12.5 Å². The predicted octanol–water partition coefficient (Wildman–Crippen LogP) is 4.52. The van der Waals surface area contributed by atoms with Gasteiger partial charge in [-0.3, -0.25) is 4.79 Å². The maximum absolute atomic E-state index is 13.9. The lowest BCUT2D eigenvalue weighted by Crippen LogP contribution is -2.37. The summed E-state index contributed by atoms with van der Waals surface area (Å²) in [5, 5.41) is 6.02. The Hall–Kier alpha value is -3.05. The van der Waals surface area contributed by atoms with Gasteiger partial charge >= 0.3 is 0 Å². The summed E-state index contributed by atoms with van der Waals surface area (Å²) in [6.07, 6.45) is 0. The maximum atomic E-state index is 13.9. The first-order valence-corrected chi connectivity index (χ1v) is 9.12. The average Bonchev–Trinajstić information content (AvgIpc) is 2.71. The quantitative estimate of drug-likeness (QED) is 0.633. The molecule has 0 spiro atoms. The number of carbonyl (C=O) groups excluding carboxylic acids is 1. The highest BCUT2D eigenvalue weighted by molar-refractivity contribution is 5.79. The Kier molecular flexibility index (Phi) is 6.50. The van der Waals surface area contributed by atoms with Gasteiger partial charge in [0.1, 0.15) is 11.6 Å². The van der Waals surface area contributed by atoms with Crippen LogP contribution in [0.25, 0.3) is 0 Å². The summed E-state index contributed by atoms with van der Waals surface area (Å²) < 4.78 is 27.0. The predicted molar refractivity (Wildman–Crippen MR) is 106 cm³/mol. The fraction of sp³-hybridized carbons (Fsp3) is 0.174. The molecule has 0 fully saturated rings. The topological polar surface area (TPSA) is 41.1 Å². The zero-order valence-electron chi connectivity index (χ0n) is 15.5. The molecule has 28 heavy (non-hydrogen) atoms. The van der Waals surface area contributed by atoms with Crippen molar-refractivity contribution in [2.24, 2.45) is 0 Å². The molecule has 1 amide bonds. The molecule has 1 atom stereocenters. The van der Waals surface area contributed by atoms with Crippen LogP contribution in [0.1, 0.15) is 35.7 Å². The molecule has 0 aliphatic heterocycles. The largest absolute Gasteiger partial charge is 0.344 e. The van der Waals surface area contributed by atoms with Crippen LogP contribution in [0.5, 0.6) is 0 Å². The smallest absolute Gasteiger partial charge is 0.234 e. The van der Waals surface area contributed by atoms with E-state index in [1.54, 1.807) is 6.92 Å². The highest BCUT2D eigenvalue weighted by Gasteiger charge is 2.18. The molecule has 5 heteroatoms. The molecular formula is C23H22F2N2O. The van der Waals surface area contributed by atoms with Crippen molar-refractivity contribution in [1.29, 1.82) is 0 Å².